The van der Waals surface area contributed by atoms with E-state index < -0.39 is 0 Å². The molecule has 1 rings (SSSR count). The van der Waals surface area contributed by atoms with E-state index >= 15 is 0 Å². The summed E-state index contributed by atoms with van der Waals surface area (Å²) < 4.78 is 0. The van der Waals surface area contributed by atoms with Gasteiger partial charge in [0, 0.05) is 11.9 Å². The molecule has 0 bridgehead atoms. The summed E-state index contributed by atoms with van der Waals surface area (Å²) in [6, 6.07) is 0. The van der Waals surface area contributed by atoms with Crippen molar-refractivity contribution in [2.24, 2.45) is 10.9 Å². The van der Waals surface area contributed by atoms with Gasteiger partial charge in [0.25, 0.3) is 0 Å². The normalized spacial score (nSPS) is 18.8. The number of hydrogen-bond acceptors (Lipinski definition) is 1. The Morgan fingerprint density at radius 2 is 1.52 bits per heavy atom. The Kier molecular flexibility index (Phi) is 23.9. The van der Waals surface area contributed by atoms with Crippen LogP contribution >= 0.6 is 0 Å². The van der Waals surface area contributed by atoms with Gasteiger partial charge in [-0.1, -0.05) is 98.0 Å². The summed E-state index contributed by atoms with van der Waals surface area (Å²) in [4.78, 5) is 4.30. The molecule has 0 saturated carbocycles. The fraction of sp³-hybridized carbons (Fsp3) is 0.731. The van der Waals surface area contributed by atoms with Crippen LogP contribution in [0, 0.1) is 5.92 Å². The third kappa shape index (κ3) is 19.5. The van der Waals surface area contributed by atoms with Crippen molar-refractivity contribution in [3.05, 3.63) is 35.6 Å². The molecule has 0 aromatic carbocycles. The van der Waals surface area contributed by atoms with E-state index in [4.69, 9.17) is 0 Å². The van der Waals surface area contributed by atoms with Gasteiger partial charge >= 0.3 is 0 Å². The van der Waals surface area contributed by atoms with Gasteiger partial charge in [0.15, 0.2) is 0 Å². The molecule has 0 aromatic heterocycles. The zero-order valence-electron chi connectivity index (χ0n) is 19.7. The van der Waals surface area contributed by atoms with Crippen molar-refractivity contribution in [2.45, 2.75) is 119 Å². The van der Waals surface area contributed by atoms with E-state index in [1.54, 1.807) is 0 Å². The van der Waals surface area contributed by atoms with Crippen molar-refractivity contribution in [3.8, 4) is 0 Å². The zero-order chi connectivity index (χ0) is 20.8. The van der Waals surface area contributed by atoms with E-state index in [2.05, 4.69) is 63.9 Å². The Hall–Kier alpha value is -1.11. The molecule has 1 aliphatic rings. The molecule has 0 spiro atoms. The molecule has 158 valence electrons. The molecular formula is C26H49N. The summed E-state index contributed by atoms with van der Waals surface area (Å²) in [7, 11) is 0. The minimum atomic E-state index is 0.862. The van der Waals surface area contributed by atoms with Crippen LogP contribution in [0.5, 0.6) is 0 Å². The molecule has 27 heavy (non-hydrogen) atoms. The third-order valence-corrected chi connectivity index (χ3v) is 4.58. The van der Waals surface area contributed by atoms with E-state index in [9.17, 15) is 0 Å². The second-order valence-electron chi connectivity index (χ2n) is 7.08. The van der Waals surface area contributed by atoms with Crippen LogP contribution in [-0.2, 0) is 0 Å². The highest BCUT2D eigenvalue weighted by molar-refractivity contribution is 5.79. The number of rotatable bonds is 10. The van der Waals surface area contributed by atoms with Crippen molar-refractivity contribution < 1.29 is 0 Å². The molecular weight excluding hydrogens is 326 g/mol. The lowest BCUT2D eigenvalue weighted by Gasteiger charge is -2.11. The van der Waals surface area contributed by atoms with Gasteiger partial charge in [-0.15, -0.1) is 0 Å². The molecule has 0 aromatic rings. The molecule has 0 N–H and O–H groups in total. The van der Waals surface area contributed by atoms with Crippen molar-refractivity contribution in [2.75, 3.05) is 0 Å². The molecule has 0 atom stereocenters. The van der Waals surface area contributed by atoms with Crippen molar-refractivity contribution in [1.82, 2.24) is 0 Å². The van der Waals surface area contributed by atoms with Crippen LogP contribution in [0.4, 0.5) is 0 Å². The van der Waals surface area contributed by atoms with Gasteiger partial charge in [-0.3, -0.25) is 4.99 Å². The van der Waals surface area contributed by atoms with E-state index in [0.717, 1.165) is 30.9 Å². The lowest BCUT2D eigenvalue weighted by Crippen LogP contribution is -1.96. The summed E-state index contributed by atoms with van der Waals surface area (Å²) in [6.07, 6.45) is 25.5. The van der Waals surface area contributed by atoms with Crippen molar-refractivity contribution in [3.63, 3.8) is 0 Å². The second kappa shape index (κ2) is 22.9. The van der Waals surface area contributed by atoms with Crippen molar-refractivity contribution >= 4 is 6.21 Å². The Morgan fingerprint density at radius 1 is 0.926 bits per heavy atom. The summed E-state index contributed by atoms with van der Waals surface area (Å²) in [5.41, 5.74) is 2.50. The van der Waals surface area contributed by atoms with Crippen LogP contribution < -0.4 is 0 Å². The fourth-order valence-electron chi connectivity index (χ4n) is 2.81. The first-order valence-electron chi connectivity index (χ1n) is 11.7. The molecule has 1 nitrogen and oxygen atoms in total. The van der Waals surface area contributed by atoms with E-state index in [-0.39, 0.29) is 0 Å². The first-order chi connectivity index (χ1) is 13.2. The Balaban J connectivity index is 0. The van der Waals surface area contributed by atoms with Gasteiger partial charge in [-0.05, 0) is 56.9 Å². The number of allylic oxidation sites excluding steroid dienone is 6. The predicted octanol–water partition coefficient (Wildman–Crippen LogP) is 9.46. The third-order valence-electron chi connectivity index (χ3n) is 4.58. The SMILES string of the molecule is CC.CCC/C=C\C(CCCC)CCCC.CCC1=C/CC/C=C(C)/N=C\1. The van der Waals surface area contributed by atoms with Crippen LogP contribution in [0.15, 0.2) is 40.6 Å². The zero-order valence-corrected chi connectivity index (χ0v) is 19.7. The van der Waals surface area contributed by atoms with Gasteiger partial charge in [0.05, 0.1) is 0 Å². The Labute approximate surface area is 172 Å². The summed E-state index contributed by atoms with van der Waals surface area (Å²) in [5, 5.41) is 0. The largest absolute Gasteiger partial charge is 0.262 e. The second-order valence-corrected chi connectivity index (χ2v) is 7.08. The number of hydrogen-bond donors (Lipinski definition) is 0. The van der Waals surface area contributed by atoms with Crippen molar-refractivity contribution in [1.29, 1.82) is 0 Å². The van der Waals surface area contributed by atoms with E-state index in [0.29, 0.717) is 0 Å². The average Bonchev–Trinajstić information content (AvgIpc) is 2.69. The van der Waals surface area contributed by atoms with Crippen LogP contribution in [0.1, 0.15) is 119 Å². The maximum absolute atomic E-state index is 4.30. The minimum absolute atomic E-state index is 0.862. The molecule has 0 fully saturated rings. The minimum Gasteiger partial charge on any atom is -0.262 e. The molecule has 0 amide bonds. The summed E-state index contributed by atoms with van der Waals surface area (Å²) in [6.45, 7) is 15.0. The number of aliphatic imine (C=N–C) groups is 1. The molecule has 0 radical (unpaired) electrons. The predicted molar refractivity (Wildman–Crippen MR) is 128 cm³/mol. The molecule has 0 saturated heterocycles. The van der Waals surface area contributed by atoms with Crippen LogP contribution in [0.2, 0.25) is 0 Å². The van der Waals surface area contributed by atoms with E-state index in [1.807, 2.05) is 20.1 Å². The van der Waals surface area contributed by atoms with Gasteiger partial charge in [-0.2, -0.15) is 0 Å². The Bertz CT molecular complexity index is 404. The first-order valence-corrected chi connectivity index (χ1v) is 11.7. The highest BCUT2D eigenvalue weighted by atomic mass is 14.7. The highest BCUT2D eigenvalue weighted by Gasteiger charge is 2.02. The van der Waals surface area contributed by atoms with Gasteiger partial charge < -0.3 is 0 Å². The molecule has 1 heterocycles. The number of unbranched alkanes of at least 4 members (excludes halogenated alkanes) is 3. The number of nitrogens with zero attached hydrogens (tertiary/aromatic N) is 1. The topological polar surface area (TPSA) is 12.4 Å². The highest BCUT2D eigenvalue weighted by Crippen LogP contribution is 2.17. The monoisotopic (exact) mass is 375 g/mol. The Morgan fingerprint density at radius 3 is 2.04 bits per heavy atom. The van der Waals surface area contributed by atoms with E-state index in [1.165, 1.54) is 56.9 Å². The van der Waals surface area contributed by atoms with Crippen LogP contribution in [-0.4, -0.2) is 6.21 Å². The smallest absolute Gasteiger partial charge is 0.0333 e. The van der Waals surface area contributed by atoms with Gasteiger partial charge in [0.1, 0.15) is 0 Å². The lowest BCUT2D eigenvalue weighted by molar-refractivity contribution is 0.496. The summed E-state index contributed by atoms with van der Waals surface area (Å²) in [5.74, 6) is 0.862. The molecule has 0 aliphatic carbocycles. The maximum Gasteiger partial charge on any atom is 0.0333 e. The van der Waals surface area contributed by atoms with Gasteiger partial charge in [0.2, 0.25) is 0 Å². The maximum atomic E-state index is 4.30. The van der Waals surface area contributed by atoms with Crippen LogP contribution in [0.3, 0.4) is 0 Å². The molecule has 1 aliphatic heterocycles. The standard InChI is InChI=1S/C14H28.C10H15N.C2H6/c1-4-7-10-13-14(11-8-5-2)12-9-6-3;1-3-10-7-5-4-6-9(2)11-8-10;1-2/h10,13-14H,4-9,11-12H2,1-3H3;6-8H,3-5H2,1-2H3;1-2H3/b13-10-;9-6+,10-7-,11-8-;. The fourth-order valence-corrected chi connectivity index (χ4v) is 2.81. The lowest BCUT2D eigenvalue weighted by atomic mass is 9.95. The average molecular weight is 376 g/mol. The quantitative estimate of drug-likeness (QED) is 0.337. The first kappa shape index (κ1) is 28.1. The van der Waals surface area contributed by atoms with Crippen LogP contribution in [0.25, 0.3) is 0 Å². The van der Waals surface area contributed by atoms with Gasteiger partial charge in [-0.25, -0.2) is 0 Å². The molecule has 1 heteroatoms. The molecule has 0 unspecified atom stereocenters. The summed E-state index contributed by atoms with van der Waals surface area (Å²) >= 11 is 0.